The summed E-state index contributed by atoms with van der Waals surface area (Å²) in [6, 6.07) is 15.9. The summed E-state index contributed by atoms with van der Waals surface area (Å²) in [5.74, 6) is 1.45. The molecule has 10 heteroatoms. The van der Waals surface area contributed by atoms with Crippen molar-refractivity contribution < 1.29 is 28.5 Å². The number of piperidine rings is 1. The second-order valence-electron chi connectivity index (χ2n) is 9.55. The Hall–Kier alpha value is -3.89. The van der Waals surface area contributed by atoms with Crippen LogP contribution in [0.15, 0.2) is 54.6 Å². The molecule has 5 rings (SSSR count). The minimum absolute atomic E-state index is 0.260. The summed E-state index contributed by atoms with van der Waals surface area (Å²) in [4.78, 5) is 17.9. The number of ether oxygens (including phenoxy) is 3. The number of anilines is 1. The SMILES string of the molecule is CCOc1cc(CN2CCC(Nc3nc4cc(OC(=O)O)ccc4s3)CC2)cc(OCC)c1-c1ccc(F)cc1. The first-order valence-corrected chi connectivity index (χ1v) is 14.2. The van der Waals surface area contributed by atoms with Crippen LogP contribution in [0.4, 0.5) is 14.3 Å². The average Bonchev–Trinajstić information content (AvgIpc) is 3.32. The number of thiazole rings is 1. The summed E-state index contributed by atoms with van der Waals surface area (Å²) in [5.41, 5.74) is 3.51. The molecule has 0 saturated carbocycles. The zero-order chi connectivity index (χ0) is 28.1. The van der Waals surface area contributed by atoms with Gasteiger partial charge >= 0.3 is 6.16 Å². The Balaban J connectivity index is 1.25. The summed E-state index contributed by atoms with van der Waals surface area (Å²) >= 11 is 1.55. The molecule has 40 heavy (non-hydrogen) atoms. The van der Waals surface area contributed by atoms with E-state index in [4.69, 9.17) is 19.3 Å². The lowest BCUT2D eigenvalue weighted by Crippen LogP contribution is -2.38. The van der Waals surface area contributed by atoms with Gasteiger partial charge in [-0.25, -0.2) is 14.2 Å². The average molecular weight is 566 g/mol. The third-order valence-corrected chi connectivity index (χ3v) is 7.71. The number of fused-ring (bicyclic) bond motifs is 1. The van der Waals surface area contributed by atoms with Gasteiger partial charge in [0.1, 0.15) is 23.1 Å². The van der Waals surface area contributed by atoms with E-state index in [1.807, 2.05) is 19.9 Å². The van der Waals surface area contributed by atoms with Crippen molar-refractivity contribution in [3.05, 3.63) is 66.0 Å². The highest BCUT2D eigenvalue weighted by molar-refractivity contribution is 7.22. The smallest absolute Gasteiger partial charge is 0.493 e. The van der Waals surface area contributed by atoms with Crippen molar-refractivity contribution >= 4 is 32.8 Å². The monoisotopic (exact) mass is 565 g/mol. The number of rotatable bonds is 10. The number of aromatic nitrogens is 1. The lowest BCUT2D eigenvalue weighted by molar-refractivity contribution is 0.144. The molecule has 1 saturated heterocycles. The lowest BCUT2D eigenvalue weighted by atomic mass is 9.99. The van der Waals surface area contributed by atoms with Gasteiger partial charge in [0.05, 0.1) is 29.0 Å². The van der Waals surface area contributed by atoms with Crippen LogP contribution in [0, 0.1) is 5.82 Å². The summed E-state index contributed by atoms with van der Waals surface area (Å²) in [5, 5.41) is 13.2. The zero-order valence-corrected chi connectivity index (χ0v) is 23.3. The highest BCUT2D eigenvalue weighted by atomic mass is 32.1. The molecule has 0 radical (unpaired) electrons. The molecule has 1 aliphatic rings. The third kappa shape index (κ3) is 6.63. The highest BCUT2D eigenvalue weighted by Crippen LogP contribution is 2.40. The van der Waals surface area contributed by atoms with E-state index in [9.17, 15) is 9.18 Å². The predicted molar refractivity (Wildman–Crippen MR) is 154 cm³/mol. The number of hydrogen-bond acceptors (Lipinski definition) is 8. The highest BCUT2D eigenvalue weighted by Gasteiger charge is 2.22. The molecule has 0 bridgehead atoms. The molecule has 2 N–H and O–H groups in total. The van der Waals surface area contributed by atoms with E-state index < -0.39 is 6.16 Å². The zero-order valence-electron chi connectivity index (χ0n) is 22.5. The van der Waals surface area contributed by atoms with E-state index in [-0.39, 0.29) is 11.6 Å². The van der Waals surface area contributed by atoms with Crippen LogP contribution < -0.4 is 19.5 Å². The second-order valence-corrected chi connectivity index (χ2v) is 10.6. The summed E-state index contributed by atoms with van der Waals surface area (Å²) in [6.45, 7) is 7.55. The molecule has 4 aromatic rings. The Labute approximate surface area is 236 Å². The topological polar surface area (TPSA) is 93.2 Å². The normalized spacial score (nSPS) is 14.3. The molecule has 210 valence electrons. The second kappa shape index (κ2) is 12.5. The predicted octanol–water partition coefficient (Wildman–Crippen LogP) is 7.03. The number of benzene rings is 3. The Morgan fingerprint density at radius 1 is 1.05 bits per heavy atom. The van der Waals surface area contributed by atoms with Gasteiger partial charge in [-0.2, -0.15) is 0 Å². The van der Waals surface area contributed by atoms with E-state index in [1.165, 1.54) is 12.1 Å². The molecule has 1 aliphatic heterocycles. The number of halogens is 1. The molecule has 2 heterocycles. The first kappa shape index (κ1) is 27.7. The molecule has 1 aromatic heterocycles. The van der Waals surface area contributed by atoms with Crippen LogP contribution in [0.5, 0.6) is 17.2 Å². The van der Waals surface area contributed by atoms with Crippen LogP contribution in [-0.2, 0) is 6.54 Å². The molecule has 0 atom stereocenters. The van der Waals surface area contributed by atoms with Gasteiger partial charge in [-0.3, -0.25) is 4.90 Å². The number of likely N-dealkylation sites (tertiary alicyclic amines) is 1. The van der Waals surface area contributed by atoms with Crippen molar-refractivity contribution in [2.24, 2.45) is 0 Å². The largest absolute Gasteiger partial charge is 0.511 e. The van der Waals surface area contributed by atoms with E-state index in [0.29, 0.717) is 24.8 Å². The van der Waals surface area contributed by atoms with Crippen LogP contribution in [0.3, 0.4) is 0 Å². The standard InChI is InChI=1S/C30H32FN3O5S/c1-3-37-25-15-19(16-26(38-4-2)28(25)20-5-7-21(31)8-6-20)18-34-13-11-22(12-14-34)32-29-33-24-17-23(39-30(35)36)9-10-27(24)40-29/h5-10,15-17,22H,3-4,11-14,18H2,1-2H3,(H,32,33)(H,35,36). The molecule has 0 aliphatic carbocycles. The summed E-state index contributed by atoms with van der Waals surface area (Å²) < 4.78 is 31.3. The van der Waals surface area contributed by atoms with Crippen LogP contribution in [0.25, 0.3) is 21.3 Å². The first-order chi connectivity index (χ1) is 19.4. The molecule has 3 aromatic carbocycles. The van der Waals surface area contributed by atoms with Gasteiger partial charge < -0.3 is 24.6 Å². The number of nitrogens with zero attached hydrogens (tertiary/aromatic N) is 2. The molecule has 8 nitrogen and oxygen atoms in total. The van der Waals surface area contributed by atoms with Gasteiger partial charge in [0.25, 0.3) is 0 Å². The maximum atomic E-state index is 13.6. The fourth-order valence-corrected chi connectivity index (χ4v) is 5.90. The van der Waals surface area contributed by atoms with Gasteiger partial charge in [-0.1, -0.05) is 23.5 Å². The van der Waals surface area contributed by atoms with Crippen molar-refractivity contribution in [1.82, 2.24) is 9.88 Å². The van der Waals surface area contributed by atoms with E-state index in [1.54, 1.807) is 35.6 Å². The quantitative estimate of drug-likeness (QED) is 0.156. The maximum absolute atomic E-state index is 13.6. The Morgan fingerprint density at radius 3 is 2.35 bits per heavy atom. The van der Waals surface area contributed by atoms with Crippen LogP contribution in [-0.4, -0.2) is 53.5 Å². The van der Waals surface area contributed by atoms with Crippen molar-refractivity contribution in [2.75, 3.05) is 31.6 Å². The van der Waals surface area contributed by atoms with Crippen LogP contribution >= 0.6 is 11.3 Å². The molecule has 0 amide bonds. The van der Waals surface area contributed by atoms with Crippen molar-refractivity contribution in [1.29, 1.82) is 0 Å². The molecular formula is C30H32FN3O5S. The van der Waals surface area contributed by atoms with E-state index in [2.05, 4.69) is 27.3 Å². The summed E-state index contributed by atoms with van der Waals surface area (Å²) in [7, 11) is 0. The minimum atomic E-state index is -1.34. The van der Waals surface area contributed by atoms with Crippen LogP contribution in [0.1, 0.15) is 32.3 Å². The Kier molecular flexibility index (Phi) is 8.66. The molecule has 0 spiro atoms. The van der Waals surface area contributed by atoms with Crippen molar-refractivity contribution in [2.45, 2.75) is 39.3 Å². The number of carboxylic acid groups (broad SMARTS) is 1. The van der Waals surface area contributed by atoms with Crippen LogP contribution in [0.2, 0.25) is 0 Å². The fraction of sp³-hybridized carbons (Fsp3) is 0.333. The number of nitrogens with one attached hydrogen (secondary N) is 1. The number of hydrogen-bond donors (Lipinski definition) is 2. The van der Waals surface area contributed by atoms with Gasteiger partial charge in [0.2, 0.25) is 0 Å². The van der Waals surface area contributed by atoms with Gasteiger partial charge in [-0.15, -0.1) is 0 Å². The van der Waals surface area contributed by atoms with Gasteiger partial charge in [-0.05, 0) is 74.2 Å². The van der Waals surface area contributed by atoms with Crippen molar-refractivity contribution in [3.8, 4) is 28.4 Å². The third-order valence-electron chi connectivity index (χ3n) is 6.74. The Morgan fingerprint density at radius 2 is 1.73 bits per heavy atom. The van der Waals surface area contributed by atoms with Gasteiger partial charge in [0.15, 0.2) is 5.13 Å². The number of carbonyl (C=O) groups is 1. The summed E-state index contributed by atoms with van der Waals surface area (Å²) in [6.07, 6.45) is 0.591. The van der Waals surface area contributed by atoms with Gasteiger partial charge in [0, 0.05) is 31.7 Å². The Bertz CT molecular complexity index is 1440. The molecule has 0 unspecified atom stereocenters. The first-order valence-electron chi connectivity index (χ1n) is 13.4. The van der Waals surface area contributed by atoms with E-state index in [0.717, 1.165) is 70.5 Å². The fourth-order valence-electron chi connectivity index (χ4n) is 4.98. The van der Waals surface area contributed by atoms with E-state index >= 15 is 0 Å². The maximum Gasteiger partial charge on any atom is 0.511 e. The molecular weight excluding hydrogens is 533 g/mol. The van der Waals surface area contributed by atoms with Crippen molar-refractivity contribution in [3.63, 3.8) is 0 Å². The lowest BCUT2D eigenvalue weighted by Gasteiger charge is -2.32. The minimum Gasteiger partial charge on any atom is -0.493 e. The molecule has 1 fully saturated rings.